The van der Waals surface area contributed by atoms with E-state index in [1.165, 1.54) is 19.3 Å². The average Bonchev–Trinajstić information content (AvgIpc) is 2.41. The Bertz CT molecular complexity index is 214. The molecule has 114 valence electrons. The van der Waals surface area contributed by atoms with Crippen LogP contribution in [-0.2, 0) is 14.2 Å². The summed E-state index contributed by atoms with van der Waals surface area (Å²) in [4.78, 5) is 0. The quantitative estimate of drug-likeness (QED) is 0.620. The minimum atomic E-state index is 0.353. The van der Waals surface area contributed by atoms with Crippen LogP contribution in [0.2, 0.25) is 0 Å². The molecule has 0 aromatic carbocycles. The molecular weight excluding hydrogens is 242 g/mol. The van der Waals surface area contributed by atoms with Crippen LogP contribution in [0.4, 0.5) is 0 Å². The van der Waals surface area contributed by atoms with E-state index in [0.29, 0.717) is 25.4 Å². The van der Waals surface area contributed by atoms with E-state index in [4.69, 9.17) is 14.2 Å². The number of hydrogen-bond acceptors (Lipinski definition) is 4. The first kappa shape index (κ1) is 16.9. The first-order valence-corrected chi connectivity index (χ1v) is 7.69. The van der Waals surface area contributed by atoms with E-state index < -0.39 is 0 Å². The number of hydrogen-bond donors (Lipinski definition) is 1. The maximum atomic E-state index is 6.01. The highest BCUT2D eigenvalue weighted by molar-refractivity contribution is 4.84. The minimum absolute atomic E-state index is 0.353. The van der Waals surface area contributed by atoms with Gasteiger partial charge in [0.25, 0.3) is 0 Å². The van der Waals surface area contributed by atoms with Crippen LogP contribution in [0.15, 0.2) is 0 Å². The fourth-order valence-electron chi connectivity index (χ4n) is 2.67. The van der Waals surface area contributed by atoms with Crippen molar-refractivity contribution in [1.82, 2.24) is 5.32 Å². The second kappa shape index (κ2) is 10.6. The van der Waals surface area contributed by atoms with E-state index in [9.17, 15) is 0 Å². The molecule has 1 N–H and O–H groups in total. The van der Waals surface area contributed by atoms with Gasteiger partial charge >= 0.3 is 0 Å². The summed E-state index contributed by atoms with van der Waals surface area (Å²) in [5, 5.41) is 3.54. The van der Waals surface area contributed by atoms with E-state index in [2.05, 4.69) is 19.2 Å². The molecule has 0 amide bonds. The molecule has 1 aliphatic rings. The van der Waals surface area contributed by atoms with Crippen LogP contribution in [0.25, 0.3) is 0 Å². The highest BCUT2D eigenvalue weighted by Gasteiger charge is 2.28. The van der Waals surface area contributed by atoms with Gasteiger partial charge in [-0.15, -0.1) is 0 Å². The van der Waals surface area contributed by atoms with Crippen molar-refractivity contribution in [3.63, 3.8) is 0 Å². The summed E-state index contributed by atoms with van der Waals surface area (Å²) in [6.45, 7) is 8.41. The summed E-state index contributed by atoms with van der Waals surface area (Å²) in [5.41, 5.74) is 0. The zero-order valence-electron chi connectivity index (χ0n) is 12.8. The standard InChI is InChI=1S/C15H31NO3/c1-4-16-14-7-6-13(2)12-15(14)19-11-10-18-9-5-8-17-3/h13-16H,4-12H2,1-3H3. The zero-order valence-corrected chi connectivity index (χ0v) is 12.8. The van der Waals surface area contributed by atoms with Gasteiger partial charge in [0.15, 0.2) is 0 Å². The van der Waals surface area contributed by atoms with Gasteiger partial charge < -0.3 is 19.5 Å². The summed E-state index contributed by atoms with van der Waals surface area (Å²) >= 11 is 0. The smallest absolute Gasteiger partial charge is 0.0731 e. The van der Waals surface area contributed by atoms with Crippen LogP contribution in [0.5, 0.6) is 0 Å². The summed E-state index contributed by atoms with van der Waals surface area (Å²) in [5.74, 6) is 0.780. The van der Waals surface area contributed by atoms with Crippen LogP contribution >= 0.6 is 0 Å². The summed E-state index contributed by atoms with van der Waals surface area (Å²) in [7, 11) is 1.72. The third kappa shape index (κ3) is 7.25. The van der Waals surface area contributed by atoms with Gasteiger partial charge in [-0.1, -0.05) is 13.8 Å². The van der Waals surface area contributed by atoms with Crippen molar-refractivity contribution in [1.29, 1.82) is 0 Å². The fraction of sp³-hybridized carbons (Fsp3) is 1.00. The summed E-state index contributed by atoms with van der Waals surface area (Å²) < 4.78 is 16.5. The van der Waals surface area contributed by atoms with Crippen molar-refractivity contribution in [2.24, 2.45) is 5.92 Å². The van der Waals surface area contributed by atoms with Crippen LogP contribution in [0.1, 0.15) is 39.5 Å². The Hall–Kier alpha value is -0.160. The number of rotatable bonds is 10. The van der Waals surface area contributed by atoms with Gasteiger partial charge in [0, 0.05) is 26.4 Å². The second-order valence-corrected chi connectivity index (χ2v) is 5.45. The number of ether oxygens (including phenoxy) is 3. The van der Waals surface area contributed by atoms with Gasteiger partial charge in [0.05, 0.1) is 19.3 Å². The summed E-state index contributed by atoms with van der Waals surface area (Å²) in [6.07, 6.45) is 5.02. The van der Waals surface area contributed by atoms with Gasteiger partial charge in [-0.3, -0.25) is 0 Å². The van der Waals surface area contributed by atoms with Gasteiger partial charge in [0.1, 0.15) is 0 Å². The Kier molecular flexibility index (Phi) is 9.43. The van der Waals surface area contributed by atoms with Crippen molar-refractivity contribution in [3.05, 3.63) is 0 Å². The van der Waals surface area contributed by atoms with Crippen molar-refractivity contribution in [2.75, 3.05) is 40.1 Å². The predicted octanol–water partition coefficient (Wildman–Crippen LogP) is 2.22. The Labute approximate surface area is 118 Å². The number of likely N-dealkylation sites (N-methyl/N-ethyl adjacent to an activating group) is 1. The predicted molar refractivity (Wildman–Crippen MR) is 77.5 cm³/mol. The molecular formula is C15H31NO3. The van der Waals surface area contributed by atoms with Crippen LogP contribution < -0.4 is 5.32 Å². The topological polar surface area (TPSA) is 39.7 Å². The van der Waals surface area contributed by atoms with E-state index in [1.54, 1.807) is 7.11 Å². The summed E-state index contributed by atoms with van der Waals surface area (Å²) in [6, 6.07) is 0.523. The molecule has 0 bridgehead atoms. The Morgan fingerprint density at radius 2 is 1.95 bits per heavy atom. The molecule has 0 saturated heterocycles. The molecule has 1 fully saturated rings. The molecule has 0 heterocycles. The second-order valence-electron chi connectivity index (χ2n) is 5.45. The van der Waals surface area contributed by atoms with E-state index in [-0.39, 0.29) is 0 Å². The first-order chi connectivity index (χ1) is 9.27. The SMILES string of the molecule is CCNC1CCC(C)CC1OCCOCCCOC. The molecule has 0 spiro atoms. The molecule has 0 aromatic heterocycles. The third-order valence-electron chi connectivity index (χ3n) is 3.72. The Morgan fingerprint density at radius 1 is 1.11 bits per heavy atom. The van der Waals surface area contributed by atoms with Crippen molar-refractivity contribution in [2.45, 2.75) is 51.7 Å². The van der Waals surface area contributed by atoms with Crippen molar-refractivity contribution in [3.8, 4) is 0 Å². The van der Waals surface area contributed by atoms with Crippen LogP contribution in [-0.4, -0.2) is 52.2 Å². The Morgan fingerprint density at radius 3 is 2.68 bits per heavy atom. The van der Waals surface area contributed by atoms with E-state index in [1.807, 2.05) is 0 Å². The highest BCUT2D eigenvalue weighted by Crippen LogP contribution is 2.26. The molecule has 0 radical (unpaired) electrons. The molecule has 3 unspecified atom stereocenters. The molecule has 3 atom stereocenters. The van der Waals surface area contributed by atoms with Crippen molar-refractivity contribution < 1.29 is 14.2 Å². The van der Waals surface area contributed by atoms with Crippen molar-refractivity contribution >= 4 is 0 Å². The molecule has 4 heteroatoms. The van der Waals surface area contributed by atoms with E-state index >= 15 is 0 Å². The largest absolute Gasteiger partial charge is 0.385 e. The van der Waals surface area contributed by atoms with E-state index in [0.717, 1.165) is 32.1 Å². The molecule has 19 heavy (non-hydrogen) atoms. The molecule has 1 rings (SSSR count). The number of nitrogens with one attached hydrogen (secondary N) is 1. The Balaban J connectivity index is 2.10. The lowest BCUT2D eigenvalue weighted by molar-refractivity contribution is -0.0354. The fourth-order valence-corrected chi connectivity index (χ4v) is 2.67. The van der Waals surface area contributed by atoms with Gasteiger partial charge in [-0.25, -0.2) is 0 Å². The lowest BCUT2D eigenvalue weighted by Gasteiger charge is -2.35. The minimum Gasteiger partial charge on any atom is -0.385 e. The third-order valence-corrected chi connectivity index (χ3v) is 3.72. The zero-order chi connectivity index (χ0) is 13.9. The monoisotopic (exact) mass is 273 g/mol. The first-order valence-electron chi connectivity index (χ1n) is 7.69. The van der Waals surface area contributed by atoms with Gasteiger partial charge in [0.2, 0.25) is 0 Å². The number of methoxy groups -OCH3 is 1. The lowest BCUT2D eigenvalue weighted by Crippen LogP contribution is -2.45. The van der Waals surface area contributed by atoms with Crippen LogP contribution in [0, 0.1) is 5.92 Å². The maximum Gasteiger partial charge on any atom is 0.0731 e. The van der Waals surface area contributed by atoms with Crippen LogP contribution in [0.3, 0.4) is 0 Å². The average molecular weight is 273 g/mol. The molecule has 0 aliphatic heterocycles. The normalized spacial score (nSPS) is 27.6. The molecule has 1 saturated carbocycles. The maximum absolute atomic E-state index is 6.01. The van der Waals surface area contributed by atoms with Gasteiger partial charge in [-0.2, -0.15) is 0 Å². The molecule has 0 aromatic rings. The highest BCUT2D eigenvalue weighted by atomic mass is 16.5. The van der Waals surface area contributed by atoms with Gasteiger partial charge in [-0.05, 0) is 38.1 Å². The lowest BCUT2D eigenvalue weighted by atomic mass is 9.85. The molecule has 1 aliphatic carbocycles. The molecule has 4 nitrogen and oxygen atoms in total.